The molecule has 0 aliphatic rings. The first-order valence-corrected chi connectivity index (χ1v) is 10.3. The zero-order valence-electron chi connectivity index (χ0n) is 16.3. The van der Waals surface area contributed by atoms with Gasteiger partial charge in [-0.3, -0.25) is 9.59 Å². The Morgan fingerprint density at radius 3 is 2.60 bits per heavy atom. The number of carbonyl (C=O) groups is 2. The molecule has 0 aliphatic heterocycles. The van der Waals surface area contributed by atoms with E-state index in [-0.39, 0.29) is 24.5 Å². The van der Waals surface area contributed by atoms with Crippen LogP contribution in [0.15, 0.2) is 52.8 Å². The number of rotatable bonds is 7. The number of nitrogens with one attached hydrogen (secondary N) is 1. The highest BCUT2D eigenvalue weighted by Gasteiger charge is 2.23. The first-order valence-electron chi connectivity index (χ1n) is 9.02. The molecule has 3 aromatic rings. The molecule has 2 heterocycles. The Kier molecular flexibility index (Phi) is 6.91. The van der Waals surface area contributed by atoms with Gasteiger partial charge in [-0.1, -0.05) is 23.7 Å². The Labute approximate surface area is 181 Å². The van der Waals surface area contributed by atoms with Crippen LogP contribution in [0.4, 0.5) is 5.00 Å². The van der Waals surface area contributed by atoms with Crippen LogP contribution in [-0.4, -0.2) is 30.2 Å². The third-order valence-electron chi connectivity index (χ3n) is 4.20. The summed E-state index contributed by atoms with van der Waals surface area (Å²) in [5.41, 5.74) is 1.23. The Hall–Kier alpha value is -3.10. The molecule has 9 heteroatoms. The Morgan fingerprint density at radius 2 is 1.93 bits per heavy atom. The molecule has 2 aromatic heterocycles. The molecular formula is C21H19ClN2O5S. The van der Waals surface area contributed by atoms with Crippen LogP contribution in [0.2, 0.25) is 5.02 Å². The summed E-state index contributed by atoms with van der Waals surface area (Å²) >= 11 is 7.16. The third kappa shape index (κ3) is 4.72. The van der Waals surface area contributed by atoms with Gasteiger partial charge in [0.1, 0.15) is 17.1 Å². The average molecular weight is 447 g/mol. The average Bonchev–Trinajstić information content (AvgIpc) is 3.13. The van der Waals surface area contributed by atoms with E-state index in [9.17, 15) is 14.4 Å². The molecule has 0 radical (unpaired) electrons. The van der Waals surface area contributed by atoms with Crippen molar-refractivity contribution in [2.24, 2.45) is 0 Å². The predicted octanol–water partition coefficient (Wildman–Crippen LogP) is 4.05. The van der Waals surface area contributed by atoms with E-state index in [4.69, 9.17) is 21.1 Å². The Balaban J connectivity index is 1.90. The van der Waals surface area contributed by atoms with Crippen molar-refractivity contribution in [2.75, 3.05) is 19.0 Å². The number of hydrogen-bond donors (Lipinski definition) is 1. The van der Waals surface area contributed by atoms with E-state index < -0.39 is 17.4 Å². The fourth-order valence-electron chi connectivity index (χ4n) is 2.81. The fourth-order valence-corrected chi connectivity index (χ4v) is 3.91. The number of methoxy groups -OCH3 is 1. The van der Waals surface area contributed by atoms with Gasteiger partial charge in [0.25, 0.3) is 5.56 Å². The number of thiophene rings is 1. The number of aromatic nitrogens is 1. The second-order valence-corrected chi connectivity index (χ2v) is 7.45. The summed E-state index contributed by atoms with van der Waals surface area (Å²) in [5, 5.41) is 5.40. The number of nitrogens with zero attached hydrogens (tertiary/aromatic N) is 1. The van der Waals surface area contributed by atoms with Gasteiger partial charge in [-0.2, -0.15) is 0 Å². The van der Waals surface area contributed by atoms with E-state index in [0.29, 0.717) is 15.6 Å². The first-order chi connectivity index (χ1) is 14.4. The van der Waals surface area contributed by atoms with E-state index in [2.05, 4.69) is 5.32 Å². The van der Waals surface area contributed by atoms with Gasteiger partial charge in [-0.25, -0.2) is 4.79 Å². The normalized spacial score (nSPS) is 10.5. The lowest BCUT2D eigenvalue weighted by Gasteiger charge is -2.10. The standard InChI is InChI=1S/C21H19ClN2O5S/c1-3-29-21(27)18-15(13-6-8-14(22)9-7-13)12-30-19(18)23-17(25)11-24-10-4-5-16(28-2)20(24)26/h4-10,12H,3,11H2,1-2H3,(H,23,25). The van der Waals surface area contributed by atoms with Crippen LogP contribution >= 0.6 is 22.9 Å². The number of hydrogen-bond acceptors (Lipinski definition) is 6. The van der Waals surface area contributed by atoms with E-state index >= 15 is 0 Å². The van der Waals surface area contributed by atoms with Gasteiger partial charge in [0, 0.05) is 22.2 Å². The molecule has 1 aromatic carbocycles. The van der Waals surface area contributed by atoms with Crippen molar-refractivity contribution in [3.63, 3.8) is 0 Å². The second-order valence-electron chi connectivity index (χ2n) is 6.14. The maximum absolute atomic E-state index is 12.6. The van der Waals surface area contributed by atoms with Crippen LogP contribution in [-0.2, 0) is 16.1 Å². The van der Waals surface area contributed by atoms with E-state index in [1.807, 2.05) is 0 Å². The monoisotopic (exact) mass is 446 g/mol. The fraction of sp³-hybridized carbons (Fsp3) is 0.190. The van der Waals surface area contributed by atoms with E-state index in [1.165, 1.54) is 35.3 Å². The van der Waals surface area contributed by atoms with Crippen molar-refractivity contribution in [2.45, 2.75) is 13.5 Å². The zero-order chi connectivity index (χ0) is 21.7. The molecule has 0 bridgehead atoms. The molecule has 0 fully saturated rings. The summed E-state index contributed by atoms with van der Waals surface area (Å²) in [6.45, 7) is 1.67. The minimum atomic E-state index is -0.544. The molecule has 7 nitrogen and oxygen atoms in total. The van der Waals surface area contributed by atoms with Crippen molar-refractivity contribution in [1.29, 1.82) is 0 Å². The maximum atomic E-state index is 12.6. The van der Waals surface area contributed by atoms with Crippen LogP contribution in [0.5, 0.6) is 5.75 Å². The zero-order valence-corrected chi connectivity index (χ0v) is 17.9. The number of ether oxygens (including phenoxy) is 2. The molecule has 1 N–H and O–H groups in total. The van der Waals surface area contributed by atoms with Gasteiger partial charge in [0.15, 0.2) is 5.75 Å². The summed E-state index contributed by atoms with van der Waals surface area (Å²) in [5.74, 6) is -0.864. The van der Waals surface area contributed by atoms with Crippen molar-refractivity contribution in [3.8, 4) is 16.9 Å². The van der Waals surface area contributed by atoms with Gasteiger partial charge in [0.2, 0.25) is 5.91 Å². The number of anilines is 1. The number of benzene rings is 1. The molecule has 0 spiro atoms. The van der Waals surface area contributed by atoms with Crippen LogP contribution in [0.3, 0.4) is 0 Å². The molecule has 30 heavy (non-hydrogen) atoms. The van der Waals surface area contributed by atoms with Gasteiger partial charge in [0.05, 0.1) is 13.7 Å². The molecule has 0 saturated heterocycles. The third-order valence-corrected chi connectivity index (χ3v) is 5.35. The number of carbonyl (C=O) groups excluding carboxylic acids is 2. The van der Waals surface area contributed by atoms with Crippen molar-refractivity contribution in [1.82, 2.24) is 4.57 Å². The molecule has 0 aliphatic carbocycles. The highest BCUT2D eigenvalue weighted by Crippen LogP contribution is 2.36. The number of pyridine rings is 1. The number of esters is 1. The molecular weight excluding hydrogens is 428 g/mol. The van der Waals surface area contributed by atoms with Crippen LogP contribution in [0.25, 0.3) is 11.1 Å². The molecule has 0 unspecified atom stereocenters. The van der Waals surface area contributed by atoms with Crippen molar-refractivity contribution in [3.05, 3.63) is 68.9 Å². The Bertz CT molecular complexity index is 1120. The lowest BCUT2D eigenvalue weighted by Crippen LogP contribution is -2.27. The molecule has 0 atom stereocenters. The second kappa shape index (κ2) is 9.60. The largest absolute Gasteiger partial charge is 0.491 e. The summed E-state index contributed by atoms with van der Waals surface area (Å²) in [7, 11) is 1.39. The van der Waals surface area contributed by atoms with Crippen LogP contribution in [0.1, 0.15) is 17.3 Å². The lowest BCUT2D eigenvalue weighted by molar-refractivity contribution is -0.116. The Morgan fingerprint density at radius 1 is 1.20 bits per heavy atom. The highest BCUT2D eigenvalue weighted by molar-refractivity contribution is 7.15. The number of amides is 1. The van der Waals surface area contributed by atoms with Gasteiger partial charge in [-0.05, 0) is 36.8 Å². The van der Waals surface area contributed by atoms with E-state index in [1.54, 1.807) is 42.6 Å². The smallest absolute Gasteiger partial charge is 0.341 e. The molecule has 0 saturated carbocycles. The maximum Gasteiger partial charge on any atom is 0.341 e. The van der Waals surface area contributed by atoms with Gasteiger partial charge in [-0.15, -0.1) is 11.3 Å². The minimum absolute atomic E-state index is 0.138. The summed E-state index contributed by atoms with van der Waals surface area (Å²) < 4.78 is 11.4. The van der Waals surface area contributed by atoms with E-state index in [0.717, 1.165) is 5.56 Å². The molecule has 3 rings (SSSR count). The first kappa shape index (κ1) is 21.6. The molecule has 156 valence electrons. The summed E-state index contributed by atoms with van der Waals surface area (Å²) in [6, 6.07) is 10.1. The predicted molar refractivity (Wildman–Crippen MR) is 117 cm³/mol. The lowest BCUT2D eigenvalue weighted by atomic mass is 10.0. The van der Waals surface area contributed by atoms with Gasteiger partial charge >= 0.3 is 5.97 Å². The van der Waals surface area contributed by atoms with Crippen LogP contribution < -0.4 is 15.6 Å². The van der Waals surface area contributed by atoms with Crippen molar-refractivity contribution < 1.29 is 19.1 Å². The van der Waals surface area contributed by atoms with Crippen molar-refractivity contribution >= 4 is 39.8 Å². The summed E-state index contributed by atoms with van der Waals surface area (Å²) in [6.07, 6.45) is 1.49. The van der Waals surface area contributed by atoms with Gasteiger partial charge < -0.3 is 19.4 Å². The summed E-state index contributed by atoms with van der Waals surface area (Å²) in [4.78, 5) is 37.4. The number of halogens is 1. The quantitative estimate of drug-likeness (QED) is 0.553. The topological polar surface area (TPSA) is 86.6 Å². The minimum Gasteiger partial charge on any atom is -0.491 e. The van der Waals surface area contributed by atoms with Crippen LogP contribution in [0, 0.1) is 0 Å². The molecule has 1 amide bonds. The SMILES string of the molecule is CCOC(=O)c1c(-c2ccc(Cl)cc2)csc1NC(=O)Cn1cccc(OC)c1=O. The highest BCUT2D eigenvalue weighted by atomic mass is 35.5.